The Bertz CT molecular complexity index is 697. The van der Waals surface area contributed by atoms with E-state index in [1.807, 2.05) is 0 Å². The average molecular weight is 325 g/mol. The summed E-state index contributed by atoms with van der Waals surface area (Å²) in [6.45, 7) is 1.37. The standard InChI is InChI=1S/C14H13ClN2O5/c1-14(19,12-3-2-6-22-12)8-16-13(18)9-4-5-10(15)11(7-9)17(20)21/h2-7,19H,8H2,1H3,(H,16,18). The molecule has 1 heterocycles. The third-order valence-corrected chi connectivity index (χ3v) is 3.37. The molecule has 2 rings (SSSR count). The first-order valence-corrected chi connectivity index (χ1v) is 6.67. The molecule has 7 nitrogen and oxygen atoms in total. The Morgan fingerprint density at radius 1 is 1.50 bits per heavy atom. The third kappa shape index (κ3) is 3.44. The van der Waals surface area contributed by atoms with E-state index >= 15 is 0 Å². The summed E-state index contributed by atoms with van der Waals surface area (Å²) in [6, 6.07) is 6.93. The molecule has 1 aromatic heterocycles. The summed E-state index contributed by atoms with van der Waals surface area (Å²) in [5.41, 5.74) is -1.67. The van der Waals surface area contributed by atoms with Gasteiger partial charge < -0.3 is 14.8 Å². The number of carbonyl (C=O) groups excluding carboxylic acids is 1. The normalized spacial score (nSPS) is 13.4. The van der Waals surface area contributed by atoms with Gasteiger partial charge in [-0.15, -0.1) is 0 Å². The number of halogens is 1. The highest BCUT2D eigenvalue weighted by Crippen LogP contribution is 2.25. The number of carbonyl (C=O) groups is 1. The maximum atomic E-state index is 12.0. The summed E-state index contributed by atoms with van der Waals surface area (Å²) in [5, 5.41) is 23.5. The average Bonchev–Trinajstić information content (AvgIpc) is 3.00. The lowest BCUT2D eigenvalue weighted by atomic mass is 10.0. The number of benzene rings is 1. The van der Waals surface area contributed by atoms with E-state index in [0.717, 1.165) is 6.07 Å². The van der Waals surface area contributed by atoms with Crippen molar-refractivity contribution >= 4 is 23.2 Å². The number of nitro groups is 1. The van der Waals surface area contributed by atoms with Crippen LogP contribution in [0.25, 0.3) is 0 Å². The molecule has 1 unspecified atom stereocenters. The van der Waals surface area contributed by atoms with Gasteiger partial charge in [0, 0.05) is 11.6 Å². The van der Waals surface area contributed by atoms with Gasteiger partial charge in [-0.3, -0.25) is 14.9 Å². The number of amides is 1. The summed E-state index contributed by atoms with van der Waals surface area (Å²) < 4.78 is 5.09. The highest BCUT2D eigenvalue weighted by atomic mass is 35.5. The van der Waals surface area contributed by atoms with Gasteiger partial charge in [-0.25, -0.2) is 0 Å². The molecule has 1 aromatic carbocycles. The molecule has 0 radical (unpaired) electrons. The van der Waals surface area contributed by atoms with Crippen LogP contribution >= 0.6 is 11.6 Å². The van der Waals surface area contributed by atoms with E-state index in [-0.39, 0.29) is 22.8 Å². The fourth-order valence-electron chi connectivity index (χ4n) is 1.82. The van der Waals surface area contributed by atoms with Gasteiger partial charge in [0.15, 0.2) is 0 Å². The van der Waals surface area contributed by atoms with Crippen LogP contribution in [-0.2, 0) is 5.60 Å². The molecule has 1 atom stereocenters. The zero-order valence-electron chi connectivity index (χ0n) is 11.6. The van der Waals surface area contributed by atoms with Gasteiger partial charge in [-0.05, 0) is 31.2 Å². The van der Waals surface area contributed by atoms with Crippen LogP contribution in [0.3, 0.4) is 0 Å². The van der Waals surface area contributed by atoms with Crippen molar-refractivity contribution in [1.29, 1.82) is 0 Å². The predicted molar refractivity (Wildman–Crippen MR) is 78.7 cm³/mol. The van der Waals surface area contributed by atoms with Gasteiger partial charge in [0.2, 0.25) is 0 Å². The zero-order chi connectivity index (χ0) is 16.3. The van der Waals surface area contributed by atoms with Gasteiger partial charge in [0.25, 0.3) is 11.6 Å². The van der Waals surface area contributed by atoms with Crippen molar-refractivity contribution in [1.82, 2.24) is 5.32 Å². The topological polar surface area (TPSA) is 106 Å². The molecule has 0 saturated heterocycles. The van der Waals surface area contributed by atoms with Crippen LogP contribution < -0.4 is 5.32 Å². The monoisotopic (exact) mass is 324 g/mol. The van der Waals surface area contributed by atoms with Gasteiger partial charge in [0.1, 0.15) is 16.4 Å². The number of nitrogens with zero attached hydrogens (tertiary/aromatic N) is 1. The first-order chi connectivity index (χ1) is 10.3. The fraction of sp³-hybridized carbons (Fsp3) is 0.214. The molecule has 116 valence electrons. The summed E-state index contributed by atoms with van der Waals surface area (Å²) in [4.78, 5) is 22.2. The second-order valence-electron chi connectivity index (χ2n) is 4.86. The maximum absolute atomic E-state index is 12.0. The quantitative estimate of drug-likeness (QED) is 0.649. The van der Waals surface area contributed by atoms with Crippen LogP contribution in [0.2, 0.25) is 5.02 Å². The number of rotatable bonds is 5. The van der Waals surface area contributed by atoms with Gasteiger partial charge in [-0.1, -0.05) is 11.6 Å². The van der Waals surface area contributed by atoms with E-state index < -0.39 is 16.4 Å². The number of nitro benzene ring substituents is 1. The van der Waals surface area contributed by atoms with Crippen molar-refractivity contribution in [3.8, 4) is 0 Å². The highest BCUT2D eigenvalue weighted by molar-refractivity contribution is 6.32. The number of aliphatic hydroxyl groups is 1. The molecule has 0 spiro atoms. The Morgan fingerprint density at radius 3 is 2.82 bits per heavy atom. The van der Waals surface area contributed by atoms with Crippen molar-refractivity contribution < 1.29 is 19.2 Å². The van der Waals surface area contributed by atoms with E-state index in [9.17, 15) is 20.0 Å². The summed E-state index contributed by atoms with van der Waals surface area (Å²) >= 11 is 5.69. The smallest absolute Gasteiger partial charge is 0.288 e. The lowest BCUT2D eigenvalue weighted by Crippen LogP contribution is -2.38. The van der Waals surface area contributed by atoms with Crippen molar-refractivity contribution in [3.05, 3.63) is 63.1 Å². The minimum absolute atomic E-state index is 0.0517. The van der Waals surface area contributed by atoms with Crippen LogP contribution in [0, 0.1) is 10.1 Å². The molecule has 8 heteroatoms. The van der Waals surface area contributed by atoms with Crippen molar-refractivity contribution in [2.24, 2.45) is 0 Å². The van der Waals surface area contributed by atoms with Crippen LogP contribution in [0.5, 0.6) is 0 Å². The van der Waals surface area contributed by atoms with E-state index in [4.69, 9.17) is 16.0 Å². The van der Waals surface area contributed by atoms with Gasteiger partial charge in [0.05, 0.1) is 17.7 Å². The van der Waals surface area contributed by atoms with Crippen LogP contribution in [0.4, 0.5) is 5.69 Å². The largest absolute Gasteiger partial charge is 0.466 e. The Hall–Kier alpha value is -2.38. The van der Waals surface area contributed by atoms with Gasteiger partial charge in [-0.2, -0.15) is 0 Å². The second-order valence-corrected chi connectivity index (χ2v) is 5.26. The Kier molecular flexibility index (Phi) is 4.48. The molecule has 0 aliphatic heterocycles. The van der Waals surface area contributed by atoms with Crippen LogP contribution in [0.15, 0.2) is 41.0 Å². The van der Waals surface area contributed by atoms with E-state index in [1.165, 1.54) is 25.3 Å². The molecule has 0 saturated carbocycles. The Balaban J connectivity index is 2.10. The lowest BCUT2D eigenvalue weighted by molar-refractivity contribution is -0.384. The Morgan fingerprint density at radius 2 is 2.23 bits per heavy atom. The molecule has 1 amide bonds. The lowest BCUT2D eigenvalue weighted by Gasteiger charge is -2.21. The zero-order valence-corrected chi connectivity index (χ0v) is 12.3. The third-order valence-electron chi connectivity index (χ3n) is 3.05. The van der Waals surface area contributed by atoms with Crippen molar-refractivity contribution in [2.45, 2.75) is 12.5 Å². The number of nitrogens with one attached hydrogen (secondary N) is 1. The minimum Gasteiger partial charge on any atom is -0.466 e. The van der Waals surface area contributed by atoms with E-state index in [2.05, 4.69) is 5.32 Å². The van der Waals surface area contributed by atoms with Crippen molar-refractivity contribution in [3.63, 3.8) is 0 Å². The number of hydrogen-bond acceptors (Lipinski definition) is 5. The maximum Gasteiger partial charge on any atom is 0.288 e. The first kappa shape index (κ1) is 16.0. The second kappa shape index (κ2) is 6.17. The Labute approximate surface area is 130 Å². The fourth-order valence-corrected chi connectivity index (χ4v) is 2.01. The SMILES string of the molecule is CC(O)(CNC(=O)c1ccc(Cl)c([N+](=O)[O-])c1)c1ccco1. The van der Waals surface area contributed by atoms with Crippen LogP contribution in [-0.4, -0.2) is 22.5 Å². The molecule has 22 heavy (non-hydrogen) atoms. The highest BCUT2D eigenvalue weighted by Gasteiger charge is 2.27. The molecule has 0 aliphatic carbocycles. The molecule has 0 bridgehead atoms. The molecular formula is C14H13ClN2O5. The first-order valence-electron chi connectivity index (χ1n) is 6.30. The van der Waals surface area contributed by atoms with Gasteiger partial charge >= 0.3 is 0 Å². The van der Waals surface area contributed by atoms with E-state index in [1.54, 1.807) is 12.1 Å². The summed E-state index contributed by atoms with van der Waals surface area (Å²) in [5.74, 6) is -0.263. The van der Waals surface area contributed by atoms with Crippen LogP contribution in [0.1, 0.15) is 23.0 Å². The molecular weight excluding hydrogens is 312 g/mol. The molecule has 2 aromatic rings. The number of furan rings is 1. The minimum atomic E-state index is -1.39. The number of hydrogen-bond donors (Lipinski definition) is 2. The summed E-state index contributed by atoms with van der Waals surface area (Å²) in [7, 11) is 0. The van der Waals surface area contributed by atoms with Crippen molar-refractivity contribution in [2.75, 3.05) is 6.54 Å². The molecule has 2 N–H and O–H groups in total. The molecule has 0 aliphatic rings. The summed E-state index contributed by atoms with van der Waals surface area (Å²) in [6.07, 6.45) is 1.41. The predicted octanol–water partition coefficient (Wildman–Crippen LogP) is 2.48. The molecule has 0 fully saturated rings. The van der Waals surface area contributed by atoms with E-state index in [0.29, 0.717) is 5.76 Å².